The van der Waals surface area contributed by atoms with Crippen LogP contribution in [-0.4, -0.2) is 38.4 Å². The van der Waals surface area contributed by atoms with Crippen LogP contribution >= 0.6 is 0 Å². The summed E-state index contributed by atoms with van der Waals surface area (Å²) >= 11 is 0. The summed E-state index contributed by atoms with van der Waals surface area (Å²) in [6.45, 7) is 1.44. The number of benzene rings is 2. The highest BCUT2D eigenvalue weighted by molar-refractivity contribution is 5.79. The Balaban J connectivity index is 1.89. The molecule has 3 heteroatoms. The zero-order valence-electron chi connectivity index (χ0n) is 15.2. The zero-order chi connectivity index (χ0) is 17.5. The van der Waals surface area contributed by atoms with Crippen LogP contribution in [0.4, 0.5) is 0 Å². The highest BCUT2D eigenvalue weighted by atomic mass is 16.7. The van der Waals surface area contributed by atoms with E-state index in [9.17, 15) is 0 Å². The smallest absolute Gasteiger partial charge is 0.188 e. The summed E-state index contributed by atoms with van der Waals surface area (Å²) in [4.78, 5) is 2.44. The lowest BCUT2D eigenvalue weighted by molar-refractivity contribution is 0.0515. The van der Waals surface area contributed by atoms with Crippen LogP contribution in [0, 0.1) is 0 Å². The summed E-state index contributed by atoms with van der Waals surface area (Å²) in [5, 5.41) is 0. The van der Waals surface area contributed by atoms with Gasteiger partial charge in [0.1, 0.15) is 5.75 Å². The molecule has 0 spiro atoms. The lowest BCUT2D eigenvalue weighted by Crippen LogP contribution is -2.34. The van der Waals surface area contributed by atoms with Crippen LogP contribution in [0.3, 0.4) is 0 Å². The van der Waals surface area contributed by atoms with Crippen molar-refractivity contribution in [3.05, 3.63) is 60.2 Å². The largest absolute Gasteiger partial charge is 0.467 e. The van der Waals surface area contributed by atoms with Crippen molar-refractivity contribution in [1.29, 1.82) is 0 Å². The average molecular weight is 337 g/mol. The normalized spacial score (nSPS) is 18.6. The molecule has 0 aromatic heterocycles. The van der Waals surface area contributed by atoms with E-state index in [4.69, 9.17) is 9.47 Å². The third kappa shape index (κ3) is 4.50. The maximum atomic E-state index is 5.75. The second-order valence-electron chi connectivity index (χ2n) is 6.54. The topological polar surface area (TPSA) is 21.7 Å². The van der Waals surface area contributed by atoms with Crippen molar-refractivity contribution in [2.75, 3.05) is 27.5 Å². The molecule has 1 saturated heterocycles. The van der Waals surface area contributed by atoms with Crippen molar-refractivity contribution < 1.29 is 9.47 Å². The van der Waals surface area contributed by atoms with E-state index < -0.39 is 0 Å². The lowest BCUT2D eigenvalue weighted by atomic mass is 9.96. The van der Waals surface area contributed by atoms with Gasteiger partial charge in [-0.05, 0) is 43.6 Å². The van der Waals surface area contributed by atoms with Crippen LogP contribution in [-0.2, 0) is 4.74 Å². The Hall–Kier alpha value is -2.10. The molecule has 1 aliphatic rings. The van der Waals surface area contributed by atoms with Gasteiger partial charge in [0.05, 0.1) is 0 Å². The molecule has 0 bridgehead atoms. The fourth-order valence-corrected chi connectivity index (χ4v) is 3.38. The summed E-state index contributed by atoms with van der Waals surface area (Å²) in [5.41, 5.74) is 3.50. The number of piperidine rings is 1. The van der Waals surface area contributed by atoms with Crippen LogP contribution in [0.5, 0.6) is 5.75 Å². The fraction of sp³-hybridized carbons (Fsp3) is 0.364. The molecule has 2 aromatic rings. The number of rotatable bonds is 6. The molecule has 132 valence electrons. The van der Waals surface area contributed by atoms with E-state index in [1.807, 2.05) is 18.2 Å². The zero-order valence-corrected chi connectivity index (χ0v) is 15.2. The molecule has 1 aliphatic heterocycles. The van der Waals surface area contributed by atoms with Gasteiger partial charge in [-0.2, -0.15) is 0 Å². The Morgan fingerprint density at radius 1 is 1.04 bits per heavy atom. The van der Waals surface area contributed by atoms with Gasteiger partial charge in [0, 0.05) is 18.7 Å². The molecule has 3 nitrogen and oxygen atoms in total. The first-order valence-electron chi connectivity index (χ1n) is 8.98. The minimum Gasteiger partial charge on any atom is -0.467 e. The maximum absolute atomic E-state index is 5.75. The second kappa shape index (κ2) is 8.84. The van der Waals surface area contributed by atoms with Crippen molar-refractivity contribution in [3.8, 4) is 16.9 Å². The molecule has 0 aliphatic carbocycles. The quantitative estimate of drug-likeness (QED) is 0.705. The van der Waals surface area contributed by atoms with Crippen molar-refractivity contribution >= 4 is 6.08 Å². The predicted molar refractivity (Wildman–Crippen MR) is 104 cm³/mol. The highest BCUT2D eigenvalue weighted by Crippen LogP contribution is 2.33. The van der Waals surface area contributed by atoms with Crippen LogP contribution in [0.1, 0.15) is 24.8 Å². The van der Waals surface area contributed by atoms with Crippen molar-refractivity contribution in [2.45, 2.75) is 25.3 Å². The molecule has 0 radical (unpaired) electrons. The number of hydrogen-bond acceptors (Lipinski definition) is 3. The summed E-state index contributed by atoms with van der Waals surface area (Å²) in [5.74, 6) is 0.847. The van der Waals surface area contributed by atoms with Crippen molar-refractivity contribution in [1.82, 2.24) is 4.90 Å². The standard InChI is InChI=1S/C22H27NO2/c1-23-16-8-7-10-19(23)15-14-18-9-3-4-11-20(18)21-12-5-6-13-22(21)25-17-24-2/h3-6,9,11-15,19H,7-8,10,16-17H2,1-2H3/b15-14+. The van der Waals surface area contributed by atoms with Gasteiger partial charge in [-0.25, -0.2) is 0 Å². The minimum absolute atomic E-state index is 0.252. The Labute approximate surface area is 150 Å². The molecule has 2 aromatic carbocycles. The highest BCUT2D eigenvalue weighted by Gasteiger charge is 2.16. The first kappa shape index (κ1) is 17.7. The van der Waals surface area contributed by atoms with Gasteiger partial charge in [-0.3, -0.25) is 4.90 Å². The van der Waals surface area contributed by atoms with Gasteiger partial charge < -0.3 is 9.47 Å². The lowest BCUT2D eigenvalue weighted by Gasteiger charge is -2.30. The molecule has 0 saturated carbocycles. The molecule has 1 unspecified atom stereocenters. The Bertz CT molecular complexity index is 711. The van der Waals surface area contributed by atoms with Crippen molar-refractivity contribution in [2.24, 2.45) is 0 Å². The van der Waals surface area contributed by atoms with Gasteiger partial charge in [0.2, 0.25) is 0 Å². The van der Waals surface area contributed by atoms with E-state index in [-0.39, 0.29) is 6.79 Å². The van der Waals surface area contributed by atoms with E-state index in [1.165, 1.54) is 36.9 Å². The minimum atomic E-state index is 0.252. The number of ether oxygens (including phenoxy) is 2. The van der Waals surface area contributed by atoms with Crippen LogP contribution in [0.25, 0.3) is 17.2 Å². The van der Waals surface area contributed by atoms with E-state index in [2.05, 4.69) is 54.4 Å². The van der Waals surface area contributed by atoms with Gasteiger partial charge in [-0.1, -0.05) is 61.0 Å². The van der Waals surface area contributed by atoms with Crippen LogP contribution < -0.4 is 4.74 Å². The summed E-state index contributed by atoms with van der Waals surface area (Å²) in [6, 6.07) is 17.1. The van der Waals surface area contributed by atoms with Crippen LogP contribution in [0.15, 0.2) is 54.6 Å². The summed E-state index contributed by atoms with van der Waals surface area (Å²) < 4.78 is 10.8. The number of likely N-dealkylation sites (tertiary alicyclic amines) is 1. The average Bonchev–Trinajstić information content (AvgIpc) is 2.66. The van der Waals surface area contributed by atoms with Gasteiger partial charge >= 0.3 is 0 Å². The van der Waals surface area contributed by atoms with E-state index in [1.54, 1.807) is 7.11 Å². The Morgan fingerprint density at radius 3 is 2.60 bits per heavy atom. The number of nitrogens with zero attached hydrogens (tertiary/aromatic N) is 1. The second-order valence-corrected chi connectivity index (χ2v) is 6.54. The molecular formula is C22H27NO2. The van der Waals surface area contributed by atoms with E-state index in [0.717, 1.165) is 11.3 Å². The molecule has 1 heterocycles. The SMILES string of the molecule is COCOc1ccccc1-c1ccccc1/C=C/C1CCCCN1C. The van der Waals surface area contributed by atoms with Crippen LogP contribution in [0.2, 0.25) is 0 Å². The number of methoxy groups -OCH3 is 1. The molecule has 1 fully saturated rings. The third-order valence-corrected chi connectivity index (χ3v) is 4.80. The van der Waals surface area contributed by atoms with Gasteiger partial charge in [0.25, 0.3) is 0 Å². The van der Waals surface area contributed by atoms with Gasteiger partial charge in [0.15, 0.2) is 6.79 Å². The first-order valence-corrected chi connectivity index (χ1v) is 8.98. The monoisotopic (exact) mass is 337 g/mol. The molecule has 25 heavy (non-hydrogen) atoms. The summed E-state index contributed by atoms with van der Waals surface area (Å²) in [6.07, 6.45) is 8.46. The molecule has 3 rings (SSSR count). The number of likely N-dealkylation sites (N-methyl/N-ethyl adjacent to an activating group) is 1. The molecule has 0 amide bonds. The summed E-state index contributed by atoms with van der Waals surface area (Å²) in [7, 11) is 3.86. The third-order valence-electron chi connectivity index (χ3n) is 4.80. The Morgan fingerprint density at radius 2 is 1.80 bits per heavy atom. The molecule has 0 N–H and O–H groups in total. The molecular weight excluding hydrogens is 310 g/mol. The fourth-order valence-electron chi connectivity index (χ4n) is 3.38. The van der Waals surface area contributed by atoms with E-state index in [0.29, 0.717) is 6.04 Å². The van der Waals surface area contributed by atoms with Gasteiger partial charge in [-0.15, -0.1) is 0 Å². The first-order chi connectivity index (χ1) is 12.3. The number of para-hydroxylation sites is 1. The number of hydrogen-bond donors (Lipinski definition) is 0. The Kier molecular flexibility index (Phi) is 6.26. The van der Waals surface area contributed by atoms with Crippen molar-refractivity contribution in [3.63, 3.8) is 0 Å². The maximum Gasteiger partial charge on any atom is 0.188 e. The molecule has 1 atom stereocenters. The van der Waals surface area contributed by atoms with E-state index >= 15 is 0 Å². The predicted octanol–water partition coefficient (Wildman–Crippen LogP) is 4.83.